The Bertz CT molecular complexity index is 1130. The van der Waals surface area contributed by atoms with Crippen molar-refractivity contribution in [3.8, 4) is 16.9 Å². The van der Waals surface area contributed by atoms with Crippen LogP contribution in [0.1, 0.15) is 17.6 Å². The number of thiophene rings is 1. The predicted molar refractivity (Wildman–Crippen MR) is 121 cm³/mol. The van der Waals surface area contributed by atoms with E-state index in [4.69, 9.17) is 4.74 Å². The van der Waals surface area contributed by atoms with Gasteiger partial charge in [0.15, 0.2) is 17.4 Å². The number of aliphatic imine (C=N–C) groups is 1. The van der Waals surface area contributed by atoms with Crippen LogP contribution in [0.3, 0.4) is 0 Å². The number of nitrogens with zero attached hydrogens (tertiary/aromatic N) is 4. The molecule has 0 spiro atoms. The van der Waals surface area contributed by atoms with Crippen molar-refractivity contribution in [1.82, 2.24) is 25.2 Å². The van der Waals surface area contributed by atoms with Gasteiger partial charge in [-0.2, -0.15) is 0 Å². The van der Waals surface area contributed by atoms with Crippen LogP contribution in [0.4, 0.5) is 0 Å². The van der Waals surface area contributed by atoms with E-state index in [2.05, 4.69) is 56.3 Å². The molecule has 1 aromatic carbocycles. The maximum Gasteiger partial charge on any atom is 0.191 e. The molecule has 154 valence electrons. The quantitative estimate of drug-likeness (QED) is 0.352. The zero-order chi connectivity index (χ0) is 20.8. The number of hydrogen-bond acceptors (Lipinski definition) is 5. The lowest BCUT2D eigenvalue weighted by atomic mass is 10.1. The summed E-state index contributed by atoms with van der Waals surface area (Å²) in [5.41, 5.74) is 3.21. The summed E-state index contributed by atoms with van der Waals surface area (Å²) in [6.07, 6.45) is 1.95. The van der Waals surface area contributed by atoms with Crippen LogP contribution in [0, 0.1) is 0 Å². The first-order valence-electron chi connectivity index (χ1n) is 9.79. The summed E-state index contributed by atoms with van der Waals surface area (Å²) in [5, 5.41) is 17.3. The second kappa shape index (κ2) is 9.41. The molecule has 0 fully saturated rings. The molecule has 2 N–H and O–H groups in total. The molecule has 0 aliphatic carbocycles. The Morgan fingerprint density at radius 3 is 2.77 bits per heavy atom. The third kappa shape index (κ3) is 4.60. The summed E-state index contributed by atoms with van der Waals surface area (Å²) in [7, 11) is 1.68. The van der Waals surface area contributed by atoms with Crippen molar-refractivity contribution in [1.29, 1.82) is 0 Å². The average Bonchev–Trinajstić information content (AvgIpc) is 3.43. The summed E-state index contributed by atoms with van der Waals surface area (Å²) >= 11 is 1.73. The van der Waals surface area contributed by atoms with Gasteiger partial charge in [0, 0.05) is 17.6 Å². The smallest absolute Gasteiger partial charge is 0.191 e. The summed E-state index contributed by atoms with van der Waals surface area (Å²) in [6, 6.07) is 16.2. The highest BCUT2D eigenvalue weighted by Crippen LogP contribution is 2.27. The fourth-order valence-corrected chi connectivity index (χ4v) is 3.90. The minimum absolute atomic E-state index is 0.446. The fraction of sp³-hybridized carbons (Fsp3) is 0.227. The van der Waals surface area contributed by atoms with Gasteiger partial charge in [0.25, 0.3) is 0 Å². The van der Waals surface area contributed by atoms with Crippen LogP contribution in [0.15, 0.2) is 65.1 Å². The molecule has 4 rings (SSSR count). The molecular formula is C22H24N6OS. The Morgan fingerprint density at radius 2 is 1.97 bits per heavy atom. The maximum atomic E-state index is 5.23. The number of rotatable bonds is 7. The number of aromatic nitrogens is 3. The van der Waals surface area contributed by atoms with Crippen molar-refractivity contribution in [2.75, 3.05) is 13.7 Å². The summed E-state index contributed by atoms with van der Waals surface area (Å²) < 4.78 is 7.19. The first-order chi connectivity index (χ1) is 14.8. The number of hydrogen-bond donors (Lipinski definition) is 2. The lowest BCUT2D eigenvalue weighted by molar-refractivity contribution is 0.415. The Morgan fingerprint density at radius 1 is 1.10 bits per heavy atom. The first kappa shape index (κ1) is 19.9. The van der Waals surface area contributed by atoms with Gasteiger partial charge in [-0.3, -0.25) is 4.40 Å². The van der Waals surface area contributed by atoms with Crippen LogP contribution in [-0.2, 0) is 13.1 Å². The molecule has 0 atom stereocenters. The van der Waals surface area contributed by atoms with E-state index >= 15 is 0 Å². The van der Waals surface area contributed by atoms with Crippen LogP contribution in [0.25, 0.3) is 16.8 Å². The number of methoxy groups -OCH3 is 1. The normalized spacial score (nSPS) is 11.6. The minimum atomic E-state index is 0.446. The van der Waals surface area contributed by atoms with E-state index in [1.54, 1.807) is 18.4 Å². The molecule has 3 heterocycles. The highest BCUT2D eigenvalue weighted by atomic mass is 32.1. The lowest BCUT2D eigenvalue weighted by Crippen LogP contribution is -2.36. The molecule has 0 aliphatic heterocycles. The van der Waals surface area contributed by atoms with Gasteiger partial charge in [0.2, 0.25) is 0 Å². The van der Waals surface area contributed by atoms with Crippen molar-refractivity contribution in [2.24, 2.45) is 4.99 Å². The second-order valence-electron chi connectivity index (χ2n) is 6.62. The van der Waals surface area contributed by atoms with E-state index in [1.807, 2.05) is 40.9 Å². The standard InChI is InChI=1S/C22H24N6OS/c1-3-23-22(25-14-21-27-26-20-6-4-5-11-28(20)21)24-13-19-12-17(15-30-19)16-7-9-18(29-2)10-8-16/h4-12,15H,3,13-14H2,1-2H3,(H2,23,24,25). The molecule has 0 radical (unpaired) electrons. The molecule has 0 amide bonds. The highest BCUT2D eigenvalue weighted by molar-refractivity contribution is 7.10. The molecule has 0 saturated carbocycles. The van der Waals surface area contributed by atoms with Crippen LogP contribution in [-0.4, -0.2) is 34.2 Å². The van der Waals surface area contributed by atoms with Crippen molar-refractivity contribution in [3.63, 3.8) is 0 Å². The van der Waals surface area contributed by atoms with E-state index in [1.165, 1.54) is 16.0 Å². The number of benzene rings is 1. The second-order valence-corrected chi connectivity index (χ2v) is 7.62. The van der Waals surface area contributed by atoms with Crippen LogP contribution in [0.2, 0.25) is 0 Å². The summed E-state index contributed by atoms with van der Waals surface area (Å²) in [4.78, 5) is 5.90. The van der Waals surface area contributed by atoms with Crippen LogP contribution >= 0.6 is 11.3 Å². The van der Waals surface area contributed by atoms with E-state index in [9.17, 15) is 0 Å². The monoisotopic (exact) mass is 420 g/mol. The van der Waals surface area contributed by atoms with Gasteiger partial charge in [0.1, 0.15) is 12.3 Å². The zero-order valence-electron chi connectivity index (χ0n) is 17.0. The average molecular weight is 421 g/mol. The molecular weight excluding hydrogens is 396 g/mol. The SMILES string of the molecule is CCNC(=NCc1nnc2ccccn12)NCc1cc(-c2ccc(OC)cc2)cs1. The van der Waals surface area contributed by atoms with Gasteiger partial charge in [-0.15, -0.1) is 21.5 Å². The van der Waals surface area contributed by atoms with Gasteiger partial charge in [-0.25, -0.2) is 4.99 Å². The zero-order valence-corrected chi connectivity index (χ0v) is 17.8. The molecule has 8 heteroatoms. The number of fused-ring (bicyclic) bond motifs is 1. The van der Waals surface area contributed by atoms with Gasteiger partial charge in [-0.1, -0.05) is 18.2 Å². The fourth-order valence-electron chi connectivity index (χ4n) is 3.07. The molecule has 7 nitrogen and oxygen atoms in total. The van der Waals surface area contributed by atoms with E-state index < -0.39 is 0 Å². The number of guanidine groups is 1. The number of pyridine rings is 1. The van der Waals surface area contributed by atoms with Gasteiger partial charge in [0.05, 0.1) is 13.7 Å². The number of ether oxygens (including phenoxy) is 1. The van der Waals surface area contributed by atoms with Crippen molar-refractivity contribution < 1.29 is 4.74 Å². The van der Waals surface area contributed by atoms with Crippen molar-refractivity contribution in [3.05, 3.63) is 70.8 Å². The van der Waals surface area contributed by atoms with Crippen LogP contribution in [0.5, 0.6) is 5.75 Å². The minimum Gasteiger partial charge on any atom is -0.497 e. The largest absolute Gasteiger partial charge is 0.497 e. The number of nitrogens with one attached hydrogen (secondary N) is 2. The molecule has 4 aromatic rings. The molecule has 0 aliphatic rings. The third-order valence-corrected chi connectivity index (χ3v) is 5.55. The summed E-state index contributed by atoms with van der Waals surface area (Å²) in [5.74, 6) is 2.42. The Labute approximate surface area is 179 Å². The van der Waals surface area contributed by atoms with E-state index in [0.29, 0.717) is 13.1 Å². The van der Waals surface area contributed by atoms with Gasteiger partial charge in [-0.05, 0) is 53.8 Å². The third-order valence-electron chi connectivity index (χ3n) is 4.61. The van der Waals surface area contributed by atoms with Gasteiger partial charge < -0.3 is 15.4 Å². The Kier molecular flexibility index (Phi) is 6.24. The van der Waals surface area contributed by atoms with Gasteiger partial charge >= 0.3 is 0 Å². The van der Waals surface area contributed by atoms with Crippen molar-refractivity contribution >= 4 is 22.9 Å². The Hall–Kier alpha value is -3.39. The lowest BCUT2D eigenvalue weighted by Gasteiger charge is -2.10. The van der Waals surface area contributed by atoms with E-state index in [0.717, 1.165) is 29.7 Å². The molecule has 30 heavy (non-hydrogen) atoms. The molecule has 3 aromatic heterocycles. The predicted octanol–water partition coefficient (Wildman–Crippen LogP) is 3.72. The highest BCUT2D eigenvalue weighted by Gasteiger charge is 2.07. The molecule has 0 saturated heterocycles. The Balaban J connectivity index is 1.41. The molecule has 0 unspecified atom stereocenters. The summed E-state index contributed by atoms with van der Waals surface area (Å²) in [6.45, 7) is 3.99. The maximum absolute atomic E-state index is 5.23. The van der Waals surface area contributed by atoms with Crippen molar-refractivity contribution in [2.45, 2.75) is 20.0 Å². The molecule has 0 bridgehead atoms. The first-order valence-corrected chi connectivity index (χ1v) is 10.7. The topological polar surface area (TPSA) is 75.8 Å². The van der Waals surface area contributed by atoms with Crippen LogP contribution < -0.4 is 15.4 Å². The van der Waals surface area contributed by atoms with E-state index in [-0.39, 0.29) is 0 Å².